The van der Waals surface area contributed by atoms with Gasteiger partial charge in [0, 0.05) is 0 Å². The third-order valence-electron chi connectivity index (χ3n) is 4.40. The van der Waals surface area contributed by atoms with Gasteiger partial charge in [0.2, 0.25) is 0 Å². The molecule has 1 aliphatic heterocycles. The number of amides is 4. The molecule has 1 aliphatic rings. The van der Waals surface area contributed by atoms with E-state index < -0.39 is 30.4 Å². The van der Waals surface area contributed by atoms with Crippen LogP contribution in [0.15, 0.2) is 48.0 Å². The Hall–Kier alpha value is -3.94. The van der Waals surface area contributed by atoms with E-state index in [-0.39, 0.29) is 5.57 Å². The lowest BCUT2D eigenvalue weighted by Gasteiger charge is -2.26. The molecule has 148 valence electrons. The lowest BCUT2D eigenvalue weighted by atomic mass is 10.1. The number of nitrogens with one attached hydrogen (secondary N) is 1. The van der Waals surface area contributed by atoms with Gasteiger partial charge in [0.25, 0.3) is 11.8 Å². The third kappa shape index (κ3) is 4.32. The minimum Gasteiger partial charge on any atom is -0.482 e. The summed E-state index contributed by atoms with van der Waals surface area (Å²) < 4.78 is 5.05. The molecule has 2 aromatic rings. The fraction of sp³-hybridized carbons (Fsp3) is 0.143. The molecule has 8 nitrogen and oxygen atoms in total. The van der Waals surface area contributed by atoms with Gasteiger partial charge < -0.3 is 9.84 Å². The van der Waals surface area contributed by atoms with Crippen LogP contribution in [0.3, 0.4) is 0 Å². The van der Waals surface area contributed by atoms with Crippen molar-refractivity contribution in [2.75, 3.05) is 11.5 Å². The zero-order chi connectivity index (χ0) is 21.1. The fourth-order valence-corrected chi connectivity index (χ4v) is 2.73. The summed E-state index contributed by atoms with van der Waals surface area (Å²) in [6.45, 7) is 3.30. The largest absolute Gasteiger partial charge is 0.482 e. The van der Waals surface area contributed by atoms with E-state index >= 15 is 0 Å². The van der Waals surface area contributed by atoms with Gasteiger partial charge in [-0.15, -0.1) is 0 Å². The van der Waals surface area contributed by atoms with Crippen LogP contribution in [0.5, 0.6) is 5.75 Å². The van der Waals surface area contributed by atoms with Crippen molar-refractivity contribution >= 4 is 35.6 Å². The zero-order valence-electron chi connectivity index (χ0n) is 15.8. The minimum atomic E-state index is -1.10. The third-order valence-corrected chi connectivity index (χ3v) is 4.40. The Morgan fingerprint density at radius 2 is 1.76 bits per heavy atom. The van der Waals surface area contributed by atoms with E-state index in [9.17, 15) is 19.2 Å². The van der Waals surface area contributed by atoms with Crippen molar-refractivity contribution in [1.29, 1.82) is 0 Å². The van der Waals surface area contributed by atoms with Crippen molar-refractivity contribution in [3.63, 3.8) is 0 Å². The van der Waals surface area contributed by atoms with Crippen LogP contribution in [0, 0.1) is 13.8 Å². The van der Waals surface area contributed by atoms with Crippen molar-refractivity contribution in [2.45, 2.75) is 13.8 Å². The molecule has 0 unspecified atom stereocenters. The molecule has 0 aliphatic carbocycles. The van der Waals surface area contributed by atoms with Crippen LogP contribution < -0.4 is 15.0 Å². The van der Waals surface area contributed by atoms with Crippen molar-refractivity contribution < 1.29 is 29.0 Å². The molecule has 0 atom stereocenters. The molecular formula is C21H18N2O6. The topological polar surface area (TPSA) is 113 Å². The highest BCUT2D eigenvalue weighted by Crippen LogP contribution is 2.24. The zero-order valence-corrected chi connectivity index (χ0v) is 15.8. The summed E-state index contributed by atoms with van der Waals surface area (Å²) in [6.07, 6.45) is 1.36. The van der Waals surface area contributed by atoms with Crippen molar-refractivity contribution in [3.8, 4) is 5.75 Å². The molecule has 0 aromatic heterocycles. The van der Waals surface area contributed by atoms with E-state index in [1.54, 1.807) is 30.3 Å². The summed E-state index contributed by atoms with van der Waals surface area (Å²) in [5, 5.41) is 10.8. The van der Waals surface area contributed by atoms with Crippen molar-refractivity contribution in [2.24, 2.45) is 0 Å². The number of anilines is 1. The number of barbiturate groups is 1. The van der Waals surface area contributed by atoms with Crippen LogP contribution in [0.1, 0.15) is 16.7 Å². The number of urea groups is 1. The number of carboxylic acids is 1. The van der Waals surface area contributed by atoms with E-state index in [0.29, 0.717) is 17.0 Å². The summed E-state index contributed by atoms with van der Waals surface area (Å²) in [4.78, 5) is 48.8. The number of hydrogen-bond acceptors (Lipinski definition) is 5. The van der Waals surface area contributed by atoms with Gasteiger partial charge in [0.05, 0.1) is 5.69 Å². The van der Waals surface area contributed by atoms with Gasteiger partial charge in [-0.25, -0.2) is 14.5 Å². The summed E-state index contributed by atoms with van der Waals surface area (Å²) in [6, 6.07) is 10.5. The monoisotopic (exact) mass is 394 g/mol. The van der Waals surface area contributed by atoms with E-state index in [0.717, 1.165) is 16.0 Å². The number of carbonyl (C=O) groups is 4. The Bertz CT molecular complexity index is 1040. The molecular weight excluding hydrogens is 376 g/mol. The fourth-order valence-electron chi connectivity index (χ4n) is 2.73. The summed E-state index contributed by atoms with van der Waals surface area (Å²) in [7, 11) is 0. The van der Waals surface area contributed by atoms with Gasteiger partial charge in [-0.2, -0.15) is 0 Å². The smallest absolute Gasteiger partial charge is 0.341 e. The number of ether oxygens (including phenoxy) is 1. The molecule has 2 N–H and O–H groups in total. The second-order valence-electron chi connectivity index (χ2n) is 6.48. The molecule has 0 saturated carbocycles. The van der Waals surface area contributed by atoms with Crippen LogP contribution in [0.25, 0.3) is 6.08 Å². The van der Waals surface area contributed by atoms with E-state index in [1.165, 1.54) is 18.2 Å². The number of aryl methyl sites for hydroxylation is 2. The first kappa shape index (κ1) is 19.8. The number of carbonyl (C=O) groups excluding carboxylic acids is 3. The van der Waals surface area contributed by atoms with Crippen LogP contribution in [-0.4, -0.2) is 35.5 Å². The van der Waals surface area contributed by atoms with Gasteiger partial charge in [-0.1, -0.05) is 18.2 Å². The highest BCUT2D eigenvalue weighted by molar-refractivity contribution is 6.39. The summed E-state index contributed by atoms with van der Waals surface area (Å²) in [5.41, 5.74) is 2.60. The summed E-state index contributed by atoms with van der Waals surface area (Å²) in [5.74, 6) is -2.28. The quantitative estimate of drug-likeness (QED) is 0.595. The van der Waals surface area contributed by atoms with Crippen molar-refractivity contribution in [1.82, 2.24) is 5.32 Å². The predicted molar refractivity (Wildman–Crippen MR) is 104 cm³/mol. The number of nitrogens with zero attached hydrogens (tertiary/aromatic N) is 1. The second kappa shape index (κ2) is 7.97. The van der Waals surface area contributed by atoms with E-state index in [2.05, 4.69) is 5.32 Å². The maximum Gasteiger partial charge on any atom is 0.341 e. The molecule has 3 rings (SSSR count). The Balaban J connectivity index is 1.88. The number of carboxylic acid groups (broad SMARTS) is 1. The first-order chi connectivity index (χ1) is 13.8. The molecule has 4 amide bonds. The lowest BCUT2D eigenvalue weighted by molar-refractivity contribution is -0.139. The SMILES string of the molecule is Cc1ccc(N2C(=O)NC(=O)C(=Cc3ccc(OCC(=O)O)cc3)C2=O)cc1C. The number of imide groups is 2. The Labute approximate surface area is 166 Å². The molecule has 2 aromatic carbocycles. The average molecular weight is 394 g/mol. The first-order valence-electron chi connectivity index (χ1n) is 8.69. The maximum atomic E-state index is 12.9. The maximum absolute atomic E-state index is 12.9. The highest BCUT2D eigenvalue weighted by Gasteiger charge is 2.36. The molecule has 1 saturated heterocycles. The number of aliphatic carboxylic acids is 1. The Kier molecular flexibility index (Phi) is 5.45. The molecule has 0 bridgehead atoms. The molecule has 1 fully saturated rings. The van der Waals surface area contributed by atoms with Crippen LogP contribution in [-0.2, 0) is 14.4 Å². The van der Waals surface area contributed by atoms with Crippen LogP contribution in [0.4, 0.5) is 10.5 Å². The first-order valence-corrected chi connectivity index (χ1v) is 8.69. The predicted octanol–water partition coefficient (Wildman–Crippen LogP) is 2.43. The summed E-state index contributed by atoms with van der Waals surface area (Å²) >= 11 is 0. The van der Waals surface area contributed by atoms with Crippen LogP contribution in [0.2, 0.25) is 0 Å². The lowest BCUT2D eigenvalue weighted by Crippen LogP contribution is -2.54. The second-order valence-corrected chi connectivity index (χ2v) is 6.48. The molecule has 8 heteroatoms. The molecule has 29 heavy (non-hydrogen) atoms. The van der Waals surface area contributed by atoms with Gasteiger partial charge in [-0.3, -0.25) is 14.9 Å². The van der Waals surface area contributed by atoms with Crippen LogP contribution >= 0.6 is 0 Å². The highest BCUT2D eigenvalue weighted by atomic mass is 16.5. The van der Waals surface area contributed by atoms with E-state index in [4.69, 9.17) is 9.84 Å². The van der Waals surface area contributed by atoms with Crippen molar-refractivity contribution in [3.05, 3.63) is 64.7 Å². The van der Waals surface area contributed by atoms with Gasteiger partial charge in [-0.05, 0) is 60.9 Å². The number of rotatable bonds is 5. The van der Waals surface area contributed by atoms with E-state index in [1.807, 2.05) is 13.8 Å². The average Bonchev–Trinajstić information content (AvgIpc) is 2.67. The minimum absolute atomic E-state index is 0.193. The number of benzene rings is 2. The number of hydrogen-bond donors (Lipinski definition) is 2. The Morgan fingerprint density at radius 1 is 1.07 bits per heavy atom. The van der Waals surface area contributed by atoms with Gasteiger partial charge >= 0.3 is 12.0 Å². The molecule has 1 heterocycles. The normalized spacial score (nSPS) is 15.4. The Morgan fingerprint density at radius 3 is 2.38 bits per heavy atom. The van der Waals surface area contributed by atoms with Gasteiger partial charge in [0.15, 0.2) is 6.61 Å². The molecule has 0 radical (unpaired) electrons. The standard InChI is InChI=1S/C21H18N2O6/c1-12-3-6-15(9-13(12)2)23-20(27)17(19(26)22-21(23)28)10-14-4-7-16(8-5-14)29-11-18(24)25/h3-10H,11H2,1-2H3,(H,24,25)(H,22,26,28). The molecule has 0 spiro atoms. The van der Waals surface area contributed by atoms with Gasteiger partial charge in [0.1, 0.15) is 11.3 Å².